The van der Waals surface area contributed by atoms with Crippen LogP contribution in [-0.4, -0.2) is 19.9 Å². The van der Waals surface area contributed by atoms with Gasteiger partial charge in [-0.05, 0) is 24.2 Å². The van der Waals surface area contributed by atoms with E-state index in [-0.39, 0.29) is 34.6 Å². The Kier molecular flexibility index (Phi) is 2.52. The average Bonchev–Trinajstić information content (AvgIpc) is 2.56. The first-order chi connectivity index (χ1) is 11.0. The smallest absolute Gasteiger partial charge is 0.224 e. The molecule has 3 aromatic heterocycles. The maximum atomic E-state index is 13.7. The van der Waals surface area contributed by atoms with E-state index in [4.69, 9.17) is 4.11 Å². The van der Waals surface area contributed by atoms with Crippen LogP contribution in [0.3, 0.4) is 0 Å². The van der Waals surface area contributed by atoms with Gasteiger partial charge in [0, 0.05) is 24.8 Å². The van der Waals surface area contributed by atoms with E-state index in [0.29, 0.717) is 0 Å². The molecular formula is C14H11N4OP. The van der Waals surface area contributed by atoms with E-state index in [1.54, 1.807) is 0 Å². The van der Waals surface area contributed by atoms with E-state index >= 15 is 0 Å². The van der Waals surface area contributed by atoms with Crippen molar-refractivity contribution < 1.29 is 8.68 Å². The molecule has 0 unspecified atom stereocenters. The van der Waals surface area contributed by atoms with E-state index in [1.165, 1.54) is 49.1 Å². The fourth-order valence-corrected chi connectivity index (χ4v) is 3.92. The van der Waals surface area contributed by atoms with Gasteiger partial charge >= 0.3 is 0 Å². The minimum Gasteiger partial charge on any atom is -0.304 e. The second kappa shape index (κ2) is 5.31. The Bertz CT molecular complexity index is 752. The molecule has 98 valence electrons. The van der Waals surface area contributed by atoms with E-state index < -0.39 is 7.14 Å². The van der Waals surface area contributed by atoms with Gasteiger partial charge in [0.05, 0.1) is 10.3 Å². The molecule has 0 aromatic carbocycles. The van der Waals surface area contributed by atoms with Crippen molar-refractivity contribution in [3.8, 4) is 0 Å². The molecule has 5 nitrogen and oxygen atoms in total. The van der Waals surface area contributed by atoms with Crippen LogP contribution in [0.15, 0.2) is 67.3 Å². The molecule has 0 saturated heterocycles. The summed E-state index contributed by atoms with van der Waals surface area (Å²) < 4.78 is 36.2. The van der Waals surface area contributed by atoms with E-state index in [1.807, 2.05) is 0 Å². The van der Waals surface area contributed by atoms with E-state index in [9.17, 15) is 4.57 Å². The lowest BCUT2D eigenvalue weighted by molar-refractivity contribution is 0.591. The first-order valence-corrected chi connectivity index (χ1v) is 7.46. The molecule has 0 spiro atoms. The third-order valence-corrected chi connectivity index (χ3v) is 5.37. The SMILES string of the molecule is [2H]c1ccc(P(=O)(c2ccc([2H])cn2)c2cnc([2H])cn2)nc1. The molecule has 20 heavy (non-hydrogen) atoms. The highest BCUT2D eigenvalue weighted by molar-refractivity contribution is 7.84. The molecule has 6 heteroatoms. The Balaban J connectivity index is 2.24. The van der Waals surface area contributed by atoms with Gasteiger partial charge in [-0.3, -0.25) is 15.0 Å². The molecule has 0 aliphatic heterocycles. The molecule has 0 radical (unpaired) electrons. The largest absolute Gasteiger partial charge is 0.304 e. The predicted octanol–water partition coefficient (Wildman–Crippen LogP) is 0.906. The zero-order valence-corrected chi connectivity index (χ0v) is 11.2. The normalized spacial score (nSPS) is 13.3. The van der Waals surface area contributed by atoms with Crippen LogP contribution in [0.1, 0.15) is 4.11 Å². The second-order valence-electron chi connectivity index (χ2n) is 3.85. The summed E-state index contributed by atoms with van der Waals surface area (Å²) in [5.41, 5.74) is 0.612. The summed E-state index contributed by atoms with van der Waals surface area (Å²) in [5.74, 6) is 0. The molecule has 3 rings (SSSR count). The van der Waals surface area contributed by atoms with Gasteiger partial charge in [0.1, 0.15) is 16.3 Å². The second-order valence-corrected chi connectivity index (χ2v) is 6.44. The Labute approximate surface area is 120 Å². The van der Waals surface area contributed by atoms with Crippen LogP contribution in [0, 0.1) is 0 Å². The number of hydrogen-bond donors (Lipinski definition) is 0. The summed E-state index contributed by atoms with van der Waals surface area (Å²) >= 11 is 0. The lowest BCUT2D eigenvalue weighted by Gasteiger charge is -2.15. The van der Waals surface area contributed by atoms with Gasteiger partial charge in [-0.15, -0.1) is 0 Å². The third kappa shape index (κ3) is 2.12. The van der Waals surface area contributed by atoms with Crippen molar-refractivity contribution in [1.29, 1.82) is 0 Å². The summed E-state index contributed by atoms with van der Waals surface area (Å²) in [7, 11) is -3.48. The van der Waals surface area contributed by atoms with Crippen molar-refractivity contribution in [3.63, 3.8) is 0 Å². The lowest BCUT2D eigenvalue weighted by atomic mass is 10.5. The third-order valence-electron chi connectivity index (χ3n) is 2.68. The molecule has 0 aliphatic rings. The fraction of sp³-hybridized carbons (Fsp3) is 0. The van der Waals surface area contributed by atoms with Crippen molar-refractivity contribution in [3.05, 3.63) is 67.3 Å². The molecule has 3 heterocycles. The summed E-state index contributed by atoms with van der Waals surface area (Å²) in [6.45, 7) is 0. The highest BCUT2D eigenvalue weighted by atomic mass is 31.2. The van der Waals surface area contributed by atoms with Gasteiger partial charge in [0.15, 0.2) is 0 Å². The maximum Gasteiger partial charge on any atom is 0.224 e. The summed E-state index contributed by atoms with van der Waals surface area (Å²) in [6.07, 6.45) is 5.04. The quantitative estimate of drug-likeness (QED) is 0.669. The molecular weight excluding hydrogens is 271 g/mol. The highest BCUT2D eigenvalue weighted by Crippen LogP contribution is 2.39. The zero-order valence-electron chi connectivity index (χ0n) is 13.3. The molecule has 0 aliphatic carbocycles. The molecule has 0 bridgehead atoms. The molecule has 0 saturated carbocycles. The zero-order chi connectivity index (χ0) is 16.4. The first-order valence-electron chi connectivity index (χ1n) is 7.26. The van der Waals surface area contributed by atoms with Crippen molar-refractivity contribution in [1.82, 2.24) is 19.9 Å². The van der Waals surface area contributed by atoms with Crippen LogP contribution in [0.25, 0.3) is 0 Å². The number of hydrogen-bond acceptors (Lipinski definition) is 5. The number of aromatic nitrogens is 4. The topological polar surface area (TPSA) is 68.6 Å². The lowest BCUT2D eigenvalue weighted by Crippen LogP contribution is -2.30. The number of rotatable bonds is 3. The molecule has 0 fully saturated rings. The van der Waals surface area contributed by atoms with Crippen molar-refractivity contribution in [2.75, 3.05) is 0 Å². The van der Waals surface area contributed by atoms with E-state index in [2.05, 4.69) is 19.9 Å². The van der Waals surface area contributed by atoms with Crippen LogP contribution in [-0.2, 0) is 4.57 Å². The van der Waals surface area contributed by atoms with Gasteiger partial charge in [-0.2, -0.15) is 0 Å². The molecule has 0 atom stereocenters. The maximum absolute atomic E-state index is 13.7. The van der Waals surface area contributed by atoms with Crippen LogP contribution < -0.4 is 16.3 Å². The fourth-order valence-electron chi connectivity index (χ4n) is 1.77. The van der Waals surface area contributed by atoms with Gasteiger partial charge in [0.2, 0.25) is 7.14 Å². The van der Waals surface area contributed by atoms with Gasteiger partial charge < -0.3 is 4.57 Å². The standard InChI is InChI=1S/C14H11N4OP/c19-20(12-5-1-3-7-16-12,13-6-2-4-8-17-13)14-11-15-9-10-18-14/h1-11H/i3D,4D,9D. The molecule has 0 N–H and O–H groups in total. The molecule has 0 amide bonds. The summed E-state index contributed by atoms with van der Waals surface area (Å²) in [5, 5.41) is 0. The number of pyridine rings is 2. The van der Waals surface area contributed by atoms with Crippen LogP contribution in [0.2, 0.25) is 0 Å². The van der Waals surface area contributed by atoms with Gasteiger partial charge in [-0.1, -0.05) is 12.1 Å². The average molecular weight is 285 g/mol. The van der Waals surface area contributed by atoms with Gasteiger partial charge in [-0.25, -0.2) is 4.98 Å². The Morgan fingerprint density at radius 3 is 1.95 bits per heavy atom. The van der Waals surface area contributed by atoms with Crippen molar-refractivity contribution in [2.24, 2.45) is 0 Å². The van der Waals surface area contributed by atoms with E-state index in [0.717, 1.165) is 0 Å². The Hall–Kier alpha value is -2.39. The monoisotopic (exact) mass is 285 g/mol. The Morgan fingerprint density at radius 1 is 0.900 bits per heavy atom. The molecule has 3 aromatic rings. The minimum absolute atomic E-state index is 0.0377. The number of nitrogens with zero attached hydrogens (tertiary/aromatic N) is 4. The van der Waals surface area contributed by atoms with Crippen molar-refractivity contribution in [2.45, 2.75) is 0 Å². The van der Waals surface area contributed by atoms with Crippen molar-refractivity contribution >= 4 is 23.4 Å². The summed E-state index contributed by atoms with van der Waals surface area (Å²) in [4.78, 5) is 16.1. The van der Waals surface area contributed by atoms with Crippen LogP contribution >= 0.6 is 7.14 Å². The summed E-state index contributed by atoms with van der Waals surface area (Å²) in [6, 6.07) is 6.36. The Morgan fingerprint density at radius 2 is 1.50 bits per heavy atom. The van der Waals surface area contributed by atoms with Crippen LogP contribution in [0.4, 0.5) is 0 Å². The van der Waals surface area contributed by atoms with Crippen LogP contribution in [0.5, 0.6) is 0 Å². The highest BCUT2D eigenvalue weighted by Gasteiger charge is 2.34. The first kappa shape index (κ1) is 9.50. The van der Waals surface area contributed by atoms with Gasteiger partial charge in [0.25, 0.3) is 0 Å². The predicted molar refractivity (Wildman–Crippen MR) is 77.0 cm³/mol. The minimum atomic E-state index is -3.48.